The lowest BCUT2D eigenvalue weighted by Gasteiger charge is -2.36. The molecule has 1 spiro atoms. The van der Waals surface area contributed by atoms with E-state index in [1.54, 1.807) is 4.90 Å². The SMILES string of the molecule is Cc1ccc2c(c1)C1(CCCN(CC3CC=CCC3)CCC1)CN2C(=O)c1c(F)cccc1F. The van der Waals surface area contributed by atoms with Gasteiger partial charge in [-0.15, -0.1) is 0 Å². The molecular formula is C29H34F2N2O. The normalized spacial score (nSPS) is 22.4. The third-order valence-electron chi connectivity index (χ3n) is 8.05. The van der Waals surface area contributed by atoms with Crippen molar-refractivity contribution in [3.63, 3.8) is 0 Å². The van der Waals surface area contributed by atoms with E-state index in [0.717, 1.165) is 68.1 Å². The Labute approximate surface area is 201 Å². The topological polar surface area (TPSA) is 23.6 Å². The van der Waals surface area contributed by atoms with Crippen molar-refractivity contribution in [2.75, 3.05) is 31.1 Å². The molecular weight excluding hydrogens is 430 g/mol. The van der Waals surface area contributed by atoms with Crippen molar-refractivity contribution in [2.24, 2.45) is 5.92 Å². The maximum absolute atomic E-state index is 14.5. The summed E-state index contributed by atoms with van der Waals surface area (Å²) in [6.45, 7) is 5.87. The van der Waals surface area contributed by atoms with Gasteiger partial charge in [0, 0.05) is 24.2 Å². The fourth-order valence-electron chi connectivity index (χ4n) is 6.32. The van der Waals surface area contributed by atoms with Gasteiger partial charge in [0.15, 0.2) is 0 Å². The Morgan fingerprint density at radius 2 is 1.79 bits per heavy atom. The van der Waals surface area contributed by atoms with Crippen LogP contribution in [0.25, 0.3) is 0 Å². The lowest BCUT2D eigenvalue weighted by atomic mass is 9.73. The van der Waals surface area contributed by atoms with Crippen molar-refractivity contribution in [1.29, 1.82) is 0 Å². The third kappa shape index (κ3) is 4.43. The first kappa shape index (κ1) is 23.2. The van der Waals surface area contributed by atoms with E-state index in [9.17, 15) is 13.6 Å². The fourth-order valence-corrected chi connectivity index (χ4v) is 6.32. The molecule has 0 N–H and O–H groups in total. The standard InChI is InChI=1S/C29H34F2N2O/c1-21-12-13-26-23(18-21)29(20-33(26)28(34)27-24(30)10-5-11-25(27)31)14-6-16-32(17-7-15-29)19-22-8-3-2-4-9-22/h2-3,5,10-13,18,22H,4,6-9,14-17,19-20H2,1H3. The molecule has 5 heteroatoms. The maximum atomic E-state index is 14.5. The molecule has 2 heterocycles. The number of halogens is 2. The van der Waals surface area contributed by atoms with Crippen LogP contribution in [0.4, 0.5) is 14.5 Å². The van der Waals surface area contributed by atoms with Gasteiger partial charge in [-0.1, -0.05) is 35.9 Å². The van der Waals surface area contributed by atoms with Gasteiger partial charge < -0.3 is 9.80 Å². The Kier molecular flexibility index (Phi) is 6.57. The van der Waals surface area contributed by atoms with Gasteiger partial charge in [0.05, 0.1) is 0 Å². The molecule has 2 aromatic carbocycles. The van der Waals surface area contributed by atoms with Crippen LogP contribution in [0.5, 0.6) is 0 Å². The molecule has 0 saturated carbocycles. The molecule has 0 radical (unpaired) electrons. The average Bonchev–Trinajstić information content (AvgIpc) is 3.12. The highest BCUT2D eigenvalue weighted by Gasteiger charge is 2.45. The Balaban J connectivity index is 1.38. The highest BCUT2D eigenvalue weighted by Crippen LogP contribution is 2.48. The molecule has 1 saturated heterocycles. The van der Waals surface area contributed by atoms with Crippen LogP contribution in [0.3, 0.4) is 0 Å². The zero-order valence-electron chi connectivity index (χ0n) is 20.0. The number of carbonyl (C=O) groups excluding carboxylic acids is 1. The smallest absolute Gasteiger partial charge is 0.264 e. The van der Waals surface area contributed by atoms with Gasteiger partial charge in [-0.3, -0.25) is 4.79 Å². The van der Waals surface area contributed by atoms with Crippen LogP contribution < -0.4 is 4.90 Å². The molecule has 1 amide bonds. The largest absolute Gasteiger partial charge is 0.307 e. The number of rotatable bonds is 3. The summed E-state index contributed by atoms with van der Waals surface area (Å²) in [5.74, 6) is -1.42. The molecule has 0 aromatic heterocycles. The zero-order valence-corrected chi connectivity index (χ0v) is 20.0. The van der Waals surface area contributed by atoms with Crippen LogP contribution in [0.2, 0.25) is 0 Å². The molecule has 2 aromatic rings. The van der Waals surface area contributed by atoms with Crippen LogP contribution in [-0.4, -0.2) is 37.0 Å². The van der Waals surface area contributed by atoms with Crippen molar-refractivity contribution in [3.8, 4) is 0 Å². The van der Waals surface area contributed by atoms with Gasteiger partial charge in [0.1, 0.15) is 17.2 Å². The number of allylic oxidation sites excluding steroid dienone is 2. The first-order valence-electron chi connectivity index (χ1n) is 12.7. The van der Waals surface area contributed by atoms with E-state index in [4.69, 9.17) is 0 Å². The number of benzene rings is 2. The van der Waals surface area contributed by atoms with E-state index in [0.29, 0.717) is 6.54 Å². The van der Waals surface area contributed by atoms with Crippen molar-refractivity contribution in [1.82, 2.24) is 4.90 Å². The van der Waals surface area contributed by atoms with Gasteiger partial charge in [-0.25, -0.2) is 8.78 Å². The van der Waals surface area contributed by atoms with Crippen LogP contribution in [0.1, 0.15) is 66.4 Å². The number of hydrogen-bond donors (Lipinski definition) is 0. The molecule has 180 valence electrons. The summed E-state index contributed by atoms with van der Waals surface area (Å²) in [4.78, 5) is 17.7. The number of nitrogens with zero attached hydrogens (tertiary/aromatic N) is 2. The summed E-state index contributed by atoms with van der Waals surface area (Å²) in [5.41, 5.74) is 2.52. The van der Waals surface area contributed by atoms with Crippen LogP contribution in [0, 0.1) is 24.5 Å². The van der Waals surface area contributed by atoms with Gasteiger partial charge in [-0.2, -0.15) is 0 Å². The predicted octanol–water partition coefficient (Wildman–Crippen LogP) is 6.40. The lowest BCUT2D eigenvalue weighted by molar-refractivity contribution is 0.0973. The van der Waals surface area contributed by atoms with Crippen LogP contribution in [0.15, 0.2) is 48.6 Å². The summed E-state index contributed by atoms with van der Waals surface area (Å²) in [6, 6.07) is 9.74. The fraction of sp³-hybridized carbons (Fsp3) is 0.483. The Bertz CT molecular complexity index is 1070. The second-order valence-corrected chi connectivity index (χ2v) is 10.4. The zero-order chi connectivity index (χ0) is 23.7. The number of carbonyl (C=O) groups is 1. The van der Waals surface area contributed by atoms with E-state index >= 15 is 0 Å². The number of anilines is 1. The first-order valence-corrected chi connectivity index (χ1v) is 12.7. The molecule has 1 unspecified atom stereocenters. The Morgan fingerprint density at radius 1 is 1.06 bits per heavy atom. The summed E-state index contributed by atoms with van der Waals surface area (Å²) < 4.78 is 29.0. The van der Waals surface area contributed by atoms with Gasteiger partial charge in [-0.05, 0) is 94.6 Å². The summed E-state index contributed by atoms with van der Waals surface area (Å²) in [5, 5.41) is 0. The van der Waals surface area contributed by atoms with Gasteiger partial charge in [0.2, 0.25) is 0 Å². The van der Waals surface area contributed by atoms with Gasteiger partial charge >= 0.3 is 0 Å². The molecule has 2 aliphatic heterocycles. The minimum absolute atomic E-state index is 0.154. The molecule has 3 nitrogen and oxygen atoms in total. The highest BCUT2D eigenvalue weighted by atomic mass is 19.1. The van der Waals surface area contributed by atoms with Crippen molar-refractivity contribution in [2.45, 2.75) is 57.3 Å². The summed E-state index contributed by atoms with van der Waals surface area (Å²) in [7, 11) is 0. The Hall–Kier alpha value is -2.53. The number of aryl methyl sites for hydroxylation is 1. The highest BCUT2D eigenvalue weighted by molar-refractivity contribution is 6.08. The quantitative estimate of drug-likeness (QED) is 0.491. The maximum Gasteiger partial charge on any atom is 0.264 e. The minimum atomic E-state index is -0.800. The van der Waals surface area contributed by atoms with E-state index in [1.807, 2.05) is 12.1 Å². The predicted molar refractivity (Wildman–Crippen MR) is 132 cm³/mol. The first-order chi connectivity index (χ1) is 16.5. The summed E-state index contributed by atoms with van der Waals surface area (Å²) in [6.07, 6.45) is 12.4. The number of hydrogen-bond acceptors (Lipinski definition) is 2. The van der Waals surface area contributed by atoms with E-state index in [-0.39, 0.29) is 5.41 Å². The van der Waals surface area contributed by atoms with E-state index < -0.39 is 23.1 Å². The van der Waals surface area contributed by atoms with Crippen LogP contribution in [-0.2, 0) is 5.41 Å². The van der Waals surface area contributed by atoms with Crippen molar-refractivity contribution in [3.05, 3.63) is 76.9 Å². The monoisotopic (exact) mass is 464 g/mol. The summed E-state index contributed by atoms with van der Waals surface area (Å²) >= 11 is 0. The Morgan fingerprint density at radius 3 is 2.47 bits per heavy atom. The molecule has 3 aliphatic rings. The molecule has 1 fully saturated rings. The van der Waals surface area contributed by atoms with Crippen LogP contribution >= 0.6 is 0 Å². The number of likely N-dealkylation sites (tertiary alicyclic amines) is 1. The molecule has 5 rings (SSSR count). The lowest BCUT2D eigenvalue weighted by Crippen LogP contribution is -2.41. The minimum Gasteiger partial charge on any atom is -0.307 e. The van der Waals surface area contributed by atoms with Crippen molar-refractivity contribution >= 4 is 11.6 Å². The average molecular weight is 465 g/mol. The molecule has 34 heavy (non-hydrogen) atoms. The number of amides is 1. The van der Waals surface area contributed by atoms with E-state index in [1.165, 1.54) is 37.4 Å². The number of fused-ring (bicyclic) bond motifs is 2. The molecule has 1 aliphatic carbocycles. The van der Waals surface area contributed by atoms with Crippen molar-refractivity contribution < 1.29 is 13.6 Å². The molecule has 0 bridgehead atoms. The van der Waals surface area contributed by atoms with E-state index in [2.05, 4.69) is 30.0 Å². The second kappa shape index (κ2) is 9.61. The third-order valence-corrected chi connectivity index (χ3v) is 8.05. The second-order valence-electron chi connectivity index (χ2n) is 10.4. The molecule has 1 atom stereocenters. The van der Waals surface area contributed by atoms with Gasteiger partial charge in [0.25, 0.3) is 5.91 Å².